The van der Waals surface area contributed by atoms with Crippen molar-refractivity contribution in [2.24, 2.45) is 0 Å². The number of hydrogen-bond acceptors (Lipinski definition) is 3. The minimum atomic E-state index is -0.0319. The molecule has 2 aromatic rings. The molecule has 1 N–H and O–H groups in total. The first-order valence-corrected chi connectivity index (χ1v) is 6.73. The van der Waals surface area contributed by atoms with Crippen molar-refractivity contribution in [2.75, 3.05) is 11.4 Å². The average Bonchev–Trinajstić information content (AvgIpc) is 2.46. The summed E-state index contributed by atoms with van der Waals surface area (Å²) >= 11 is 6.25. The van der Waals surface area contributed by atoms with Crippen molar-refractivity contribution in [3.63, 3.8) is 0 Å². The summed E-state index contributed by atoms with van der Waals surface area (Å²) in [5.74, 6) is 0.799. The molecule has 1 aliphatic heterocycles. The smallest absolute Gasteiger partial charge is 0.147 e. The third kappa shape index (κ3) is 2.44. The van der Waals surface area contributed by atoms with Crippen molar-refractivity contribution in [2.45, 2.75) is 19.6 Å². The fourth-order valence-electron chi connectivity index (χ4n) is 2.47. The lowest BCUT2D eigenvalue weighted by molar-refractivity contribution is 0.281. The van der Waals surface area contributed by atoms with E-state index in [0.717, 1.165) is 30.9 Å². The van der Waals surface area contributed by atoms with E-state index in [1.165, 1.54) is 11.1 Å². The number of aliphatic hydroxyl groups excluding tert-OH is 1. The van der Waals surface area contributed by atoms with Crippen molar-refractivity contribution >= 4 is 17.4 Å². The number of anilines is 1. The molecule has 0 fully saturated rings. The molecule has 0 saturated carbocycles. The predicted octanol–water partition coefficient (Wildman–Crippen LogP) is 2.79. The monoisotopic (exact) mass is 274 g/mol. The molecule has 0 spiro atoms. The van der Waals surface area contributed by atoms with Crippen LogP contribution in [0.15, 0.2) is 36.5 Å². The summed E-state index contributed by atoms with van der Waals surface area (Å²) in [6.45, 7) is 1.72. The molecular formula is C15H15ClN2O. The van der Waals surface area contributed by atoms with Crippen LogP contribution < -0.4 is 4.90 Å². The Kier molecular flexibility index (Phi) is 3.40. The van der Waals surface area contributed by atoms with E-state index < -0.39 is 0 Å². The van der Waals surface area contributed by atoms with Crippen LogP contribution in [-0.2, 0) is 19.6 Å². The molecule has 0 amide bonds. The molecule has 1 aliphatic rings. The molecule has 0 radical (unpaired) electrons. The zero-order chi connectivity index (χ0) is 13.2. The maximum Gasteiger partial charge on any atom is 0.147 e. The first-order chi connectivity index (χ1) is 9.28. The molecule has 0 bridgehead atoms. The van der Waals surface area contributed by atoms with Crippen molar-refractivity contribution in [1.29, 1.82) is 0 Å². The maximum atomic E-state index is 9.08. The fourth-order valence-corrected chi connectivity index (χ4v) is 2.77. The largest absolute Gasteiger partial charge is 0.392 e. The van der Waals surface area contributed by atoms with Crippen LogP contribution in [0.4, 0.5) is 5.82 Å². The lowest BCUT2D eigenvalue weighted by atomic mass is 10.00. The number of pyridine rings is 1. The Morgan fingerprint density at radius 1 is 1.26 bits per heavy atom. The van der Waals surface area contributed by atoms with Crippen LogP contribution in [0.5, 0.6) is 0 Å². The van der Waals surface area contributed by atoms with Crippen molar-refractivity contribution in [3.8, 4) is 0 Å². The van der Waals surface area contributed by atoms with Gasteiger partial charge in [0.25, 0.3) is 0 Å². The van der Waals surface area contributed by atoms with E-state index in [-0.39, 0.29) is 6.61 Å². The first kappa shape index (κ1) is 12.5. The van der Waals surface area contributed by atoms with Gasteiger partial charge in [-0.15, -0.1) is 0 Å². The van der Waals surface area contributed by atoms with Gasteiger partial charge in [0, 0.05) is 19.3 Å². The SMILES string of the molecule is OCc1cnc(N2CCc3ccccc3C2)c(Cl)c1. The van der Waals surface area contributed by atoms with Crippen LogP contribution in [0.25, 0.3) is 0 Å². The van der Waals surface area contributed by atoms with Gasteiger partial charge in [0.2, 0.25) is 0 Å². The summed E-state index contributed by atoms with van der Waals surface area (Å²) in [4.78, 5) is 6.57. The van der Waals surface area contributed by atoms with Crippen LogP contribution >= 0.6 is 11.6 Å². The van der Waals surface area contributed by atoms with Gasteiger partial charge in [-0.25, -0.2) is 4.98 Å². The molecular weight excluding hydrogens is 260 g/mol. The van der Waals surface area contributed by atoms with Crippen molar-refractivity contribution in [3.05, 3.63) is 58.2 Å². The predicted molar refractivity (Wildman–Crippen MR) is 76.4 cm³/mol. The lowest BCUT2D eigenvalue weighted by Crippen LogP contribution is -2.31. The van der Waals surface area contributed by atoms with E-state index in [1.807, 2.05) is 0 Å². The second kappa shape index (κ2) is 5.19. The van der Waals surface area contributed by atoms with Crippen molar-refractivity contribution in [1.82, 2.24) is 4.98 Å². The molecule has 0 unspecified atom stereocenters. The molecule has 1 aromatic heterocycles. The van der Waals surface area contributed by atoms with Gasteiger partial charge in [-0.3, -0.25) is 0 Å². The van der Waals surface area contributed by atoms with Gasteiger partial charge < -0.3 is 10.0 Å². The summed E-state index contributed by atoms with van der Waals surface area (Å²) < 4.78 is 0. The number of fused-ring (bicyclic) bond motifs is 1. The number of hydrogen-bond donors (Lipinski definition) is 1. The number of rotatable bonds is 2. The van der Waals surface area contributed by atoms with Gasteiger partial charge in [-0.1, -0.05) is 35.9 Å². The minimum absolute atomic E-state index is 0.0319. The molecule has 19 heavy (non-hydrogen) atoms. The fraction of sp³-hybridized carbons (Fsp3) is 0.267. The van der Waals surface area contributed by atoms with Gasteiger partial charge in [0.1, 0.15) is 5.82 Å². The molecule has 0 aliphatic carbocycles. The highest BCUT2D eigenvalue weighted by Crippen LogP contribution is 2.29. The number of benzene rings is 1. The topological polar surface area (TPSA) is 36.4 Å². The zero-order valence-electron chi connectivity index (χ0n) is 10.5. The number of halogens is 1. The molecule has 0 saturated heterocycles. The second-order valence-electron chi connectivity index (χ2n) is 4.75. The second-order valence-corrected chi connectivity index (χ2v) is 5.15. The highest BCUT2D eigenvalue weighted by Gasteiger charge is 2.19. The van der Waals surface area contributed by atoms with E-state index in [0.29, 0.717) is 5.02 Å². The first-order valence-electron chi connectivity index (χ1n) is 6.35. The Balaban J connectivity index is 1.89. The Labute approximate surface area is 117 Å². The number of nitrogens with zero attached hydrogens (tertiary/aromatic N) is 2. The van der Waals surface area contributed by atoms with E-state index >= 15 is 0 Å². The Hall–Kier alpha value is -1.58. The van der Waals surface area contributed by atoms with Gasteiger partial charge in [-0.2, -0.15) is 0 Å². The van der Waals surface area contributed by atoms with E-state index in [4.69, 9.17) is 16.7 Å². The van der Waals surface area contributed by atoms with Gasteiger partial charge >= 0.3 is 0 Å². The minimum Gasteiger partial charge on any atom is -0.392 e. The normalized spacial score (nSPS) is 14.3. The summed E-state index contributed by atoms with van der Waals surface area (Å²) in [6.07, 6.45) is 2.69. The molecule has 2 heterocycles. The standard InChI is InChI=1S/C15H15ClN2O/c16-14-7-11(10-19)8-17-15(14)18-6-5-12-3-1-2-4-13(12)9-18/h1-4,7-8,19H,5-6,9-10H2. The molecule has 0 atom stereocenters. The van der Waals surface area contributed by atoms with Crippen LogP contribution in [0.3, 0.4) is 0 Å². The highest BCUT2D eigenvalue weighted by molar-refractivity contribution is 6.33. The van der Waals surface area contributed by atoms with Crippen molar-refractivity contribution < 1.29 is 5.11 Å². The van der Waals surface area contributed by atoms with E-state index in [2.05, 4.69) is 34.1 Å². The van der Waals surface area contributed by atoms with E-state index in [9.17, 15) is 0 Å². The van der Waals surface area contributed by atoms with Gasteiger partial charge in [-0.05, 0) is 29.2 Å². The summed E-state index contributed by atoms with van der Waals surface area (Å²) in [6, 6.07) is 10.3. The Morgan fingerprint density at radius 2 is 2.05 bits per heavy atom. The maximum absolute atomic E-state index is 9.08. The Morgan fingerprint density at radius 3 is 2.79 bits per heavy atom. The van der Waals surface area contributed by atoms with Gasteiger partial charge in [0.05, 0.1) is 11.6 Å². The Bertz CT molecular complexity index is 600. The van der Waals surface area contributed by atoms with Crippen LogP contribution in [0, 0.1) is 0 Å². The molecule has 4 heteroatoms. The lowest BCUT2D eigenvalue weighted by Gasteiger charge is -2.30. The van der Waals surface area contributed by atoms with Gasteiger partial charge in [0.15, 0.2) is 0 Å². The zero-order valence-corrected chi connectivity index (χ0v) is 11.3. The third-order valence-electron chi connectivity index (χ3n) is 3.49. The summed E-state index contributed by atoms with van der Waals surface area (Å²) in [7, 11) is 0. The third-order valence-corrected chi connectivity index (χ3v) is 3.77. The van der Waals surface area contributed by atoms with Crippen LogP contribution in [0.2, 0.25) is 5.02 Å². The highest BCUT2D eigenvalue weighted by atomic mass is 35.5. The summed E-state index contributed by atoms with van der Waals surface area (Å²) in [5, 5.41) is 9.68. The quantitative estimate of drug-likeness (QED) is 0.915. The summed E-state index contributed by atoms with van der Waals surface area (Å²) in [5.41, 5.74) is 3.48. The van der Waals surface area contributed by atoms with Crippen LogP contribution in [-0.4, -0.2) is 16.6 Å². The molecule has 98 valence electrons. The average molecular weight is 275 g/mol. The molecule has 3 rings (SSSR count). The van der Waals surface area contributed by atoms with E-state index in [1.54, 1.807) is 12.3 Å². The molecule has 3 nitrogen and oxygen atoms in total. The number of aliphatic hydroxyl groups is 1. The number of aromatic nitrogens is 1. The van der Waals surface area contributed by atoms with Crippen LogP contribution in [0.1, 0.15) is 16.7 Å². The molecule has 1 aromatic carbocycles.